The van der Waals surface area contributed by atoms with Crippen LogP contribution in [0.15, 0.2) is 47.8 Å². The van der Waals surface area contributed by atoms with Crippen LogP contribution in [0, 0.1) is 12.7 Å². The first-order valence-electron chi connectivity index (χ1n) is 8.43. The van der Waals surface area contributed by atoms with E-state index in [1.54, 1.807) is 24.4 Å². The number of rotatable bonds is 5. The first-order chi connectivity index (χ1) is 13.4. The van der Waals surface area contributed by atoms with Crippen molar-refractivity contribution in [3.8, 4) is 11.1 Å². The second kappa shape index (κ2) is 7.26. The molecule has 0 saturated heterocycles. The van der Waals surface area contributed by atoms with Crippen LogP contribution in [0.3, 0.4) is 0 Å². The van der Waals surface area contributed by atoms with Crippen molar-refractivity contribution in [2.24, 2.45) is 0 Å². The van der Waals surface area contributed by atoms with Gasteiger partial charge in [0.2, 0.25) is 0 Å². The SMILES string of the molecule is Cc1ccc(-c2csc(CC(=O)c3nc4ccccc4s3)c2C(=O)O)c(F)c1. The Hall–Kier alpha value is -2.90. The van der Waals surface area contributed by atoms with E-state index in [0.29, 0.717) is 15.4 Å². The fourth-order valence-corrected chi connectivity index (χ4v) is 4.95. The molecule has 2 heterocycles. The fourth-order valence-electron chi connectivity index (χ4n) is 3.01. The normalized spacial score (nSPS) is 11.1. The fraction of sp³-hybridized carbons (Fsp3) is 0.0952. The van der Waals surface area contributed by atoms with Crippen LogP contribution in [0.5, 0.6) is 0 Å². The lowest BCUT2D eigenvalue weighted by atomic mass is 10.00. The van der Waals surface area contributed by atoms with Gasteiger partial charge in [0.25, 0.3) is 0 Å². The standard InChI is InChI=1S/C21H14FNO3S2/c1-11-6-7-12(14(22)8-11)13-10-27-18(19(13)21(25)26)9-16(24)20-23-15-4-2-3-5-17(15)28-20/h2-8,10H,9H2,1H3,(H,25,26). The van der Waals surface area contributed by atoms with Gasteiger partial charge in [0.1, 0.15) is 5.82 Å². The van der Waals surface area contributed by atoms with Crippen molar-refractivity contribution in [3.63, 3.8) is 0 Å². The number of hydrogen-bond acceptors (Lipinski definition) is 5. The number of aryl methyl sites for hydroxylation is 1. The van der Waals surface area contributed by atoms with E-state index < -0.39 is 11.8 Å². The molecular weight excluding hydrogens is 397 g/mol. The molecule has 7 heteroatoms. The Morgan fingerprint density at radius 1 is 1.14 bits per heavy atom. The minimum atomic E-state index is -1.18. The van der Waals surface area contributed by atoms with E-state index in [1.807, 2.05) is 24.3 Å². The molecule has 2 aromatic heterocycles. The Kier molecular flexibility index (Phi) is 4.78. The van der Waals surface area contributed by atoms with E-state index in [2.05, 4.69) is 4.98 Å². The Balaban J connectivity index is 1.71. The van der Waals surface area contributed by atoms with Crippen molar-refractivity contribution in [3.05, 3.63) is 74.7 Å². The monoisotopic (exact) mass is 411 g/mol. The minimum Gasteiger partial charge on any atom is -0.478 e. The summed E-state index contributed by atoms with van der Waals surface area (Å²) in [6, 6.07) is 12.1. The number of nitrogens with zero attached hydrogens (tertiary/aromatic N) is 1. The molecule has 0 atom stereocenters. The largest absolute Gasteiger partial charge is 0.478 e. The van der Waals surface area contributed by atoms with Crippen LogP contribution < -0.4 is 0 Å². The number of thiazole rings is 1. The van der Waals surface area contributed by atoms with Gasteiger partial charge in [-0.05, 0) is 36.1 Å². The van der Waals surface area contributed by atoms with Crippen LogP contribution in [0.1, 0.15) is 30.6 Å². The van der Waals surface area contributed by atoms with Gasteiger partial charge in [-0.25, -0.2) is 14.2 Å². The van der Waals surface area contributed by atoms with Crippen LogP contribution in [-0.4, -0.2) is 21.8 Å². The Bertz CT molecular complexity index is 1190. The second-order valence-corrected chi connectivity index (χ2v) is 8.32. The van der Waals surface area contributed by atoms with E-state index in [-0.39, 0.29) is 23.3 Å². The number of para-hydroxylation sites is 1. The number of hydrogen-bond donors (Lipinski definition) is 1. The van der Waals surface area contributed by atoms with E-state index >= 15 is 0 Å². The van der Waals surface area contributed by atoms with Gasteiger partial charge in [-0.2, -0.15) is 0 Å². The maximum Gasteiger partial charge on any atom is 0.337 e. The molecule has 4 rings (SSSR count). The third-order valence-corrected chi connectivity index (χ3v) is 6.41. The van der Waals surface area contributed by atoms with Crippen molar-refractivity contribution in [2.45, 2.75) is 13.3 Å². The van der Waals surface area contributed by atoms with Gasteiger partial charge in [-0.1, -0.05) is 24.3 Å². The molecule has 4 aromatic rings. The van der Waals surface area contributed by atoms with E-state index in [9.17, 15) is 19.1 Å². The van der Waals surface area contributed by atoms with E-state index in [1.165, 1.54) is 17.4 Å². The molecule has 140 valence electrons. The molecule has 0 saturated carbocycles. The number of carboxylic acid groups (broad SMARTS) is 1. The highest BCUT2D eigenvalue weighted by Crippen LogP contribution is 2.35. The van der Waals surface area contributed by atoms with Crippen LogP contribution in [0.25, 0.3) is 21.3 Å². The summed E-state index contributed by atoms with van der Waals surface area (Å²) in [5.41, 5.74) is 1.98. The predicted octanol–water partition coefficient (Wildman–Crippen LogP) is 5.60. The van der Waals surface area contributed by atoms with Crippen LogP contribution >= 0.6 is 22.7 Å². The zero-order valence-corrected chi connectivity index (χ0v) is 16.4. The zero-order chi connectivity index (χ0) is 19.8. The molecule has 0 aliphatic rings. The maximum absolute atomic E-state index is 14.4. The predicted molar refractivity (Wildman–Crippen MR) is 109 cm³/mol. The van der Waals surface area contributed by atoms with Crippen LogP contribution in [0.4, 0.5) is 4.39 Å². The third kappa shape index (κ3) is 3.34. The van der Waals surface area contributed by atoms with Gasteiger partial charge >= 0.3 is 5.97 Å². The summed E-state index contributed by atoms with van der Waals surface area (Å²) in [7, 11) is 0. The lowest BCUT2D eigenvalue weighted by Gasteiger charge is -2.05. The summed E-state index contributed by atoms with van der Waals surface area (Å²) < 4.78 is 15.3. The molecule has 0 aliphatic carbocycles. The Morgan fingerprint density at radius 3 is 2.64 bits per heavy atom. The highest BCUT2D eigenvalue weighted by molar-refractivity contribution is 7.20. The van der Waals surface area contributed by atoms with Crippen molar-refractivity contribution in [1.82, 2.24) is 4.98 Å². The van der Waals surface area contributed by atoms with Gasteiger partial charge in [0.15, 0.2) is 10.8 Å². The number of thiophene rings is 1. The smallest absolute Gasteiger partial charge is 0.337 e. The summed E-state index contributed by atoms with van der Waals surface area (Å²) in [5.74, 6) is -1.91. The molecule has 0 aliphatic heterocycles. The van der Waals surface area contributed by atoms with Gasteiger partial charge in [-0.3, -0.25) is 4.79 Å². The molecule has 0 radical (unpaired) electrons. The molecule has 2 aromatic carbocycles. The first-order valence-corrected chi connectivity index (χ1v) is 10.1. The average Bonchev–Trinajstić information content (AvgIpc) is 3.26. The van der Waals surface area contributed by atoms with Crippen molar-refractivity contribution < 1.29 is 19.1 Å². The number of ketones is 1. The van der Waals surface area contributed by atoms with Gasteiger partial charge < -0.3 is 5.11 Å². The number of halogens is 1. The molecule has 0 bridgehead atoms. The molecule has 28 heavy (non-hydrogen) atoms. The number of carbonyl (C=O) groups is 2. The summed E-state index contributed by atoms with van der Waals surface area (Å²) in [4.78, 5) is 29.3. The van der Waals surface area contributed by atoms with Crippen molar-refractivity contribution >= 4 is 44.6 Å². The highest BCUT2D eigenvalue weighted by atomic mass is 32.1. The number of carbonyl (C=O) groups excluding carboxylic acids is 1. The summed E-state index contributed by atoms with van der Waals surface area (Å²) >= 11 is 2.43. The van der Waals surface area contributed by atoms with Crippen LogP contribution in [-0.2, 0) is 6.42 Å². The molecule has 0 unspecified atom stereocenters. The lowest BCUT2D eigenvalue weighted by Crippen LogP contribution is -2.07. The zero-order valence-electron chi connectivity index (χ0n) is 14.7. The quantitative estimate of drug-likeness (QED) is 0.434. The van der Waals surface area contributed by atoms with Crippen molar-refractivity contribution in [1.29, 1.82) is 0 Å². The van der Waals surface area contributed by atoms with Gasteiger partial charge in [0, 0.05) is 22.4 Å². The Morgan fingerprint density at radius 2 is 1.93 bits per heavy atom. The number of aromatic carboxylic acids is 1. The number of carboxylic acids is 1. The highest BCUT2D eigenvalue weighted by Gasteiger charge is 2.24. The van der Waals surface area contributed by atoms with Gasteiger partial charge in [-0.15, -0.1) is 22.7 Å². The molecular formula is C21H14FNO3S2. The number of Topliss-reactive ketones (excluding diaryl/α,β-unsaturated/α-hetero) is 1. The number of fused-ring (bicyclic) bond motifs is 1. The minimum absolute atomic E-state index is 0.0257. The second-order valence-electron chi connectivity index (χ2n) is 6.32. The van der Waals surface area contributed by atoms with E-state index in [0.717, 1.165) is 27.1 Å². The topological polar surface area (TPSA) is 67.3 Å². The third-order valence-electron chi connectivity index (χ3n) is 4.35. The molecule has 0 fully saturated rings. The van der Waals surface area contributed by atoms with Gasteiger partial charge in [0.05, 0.1) is 15.8 Å². The van der Waals surface area contributed by atoms with E-state index in [4.69, 9.17) is 0 Å². The summed E-state index contributed by atoms with van der Waals surface area (Å²) in [5, 5.41) is 11.6. The molecule has 0 spiro atoms. The maximum atomic E-state index is 14.4. The number of aromatic nitrogens is 1. The molecule has 4 nitrogen and oxygen atoms in total. The van der Waals surface area contributed by atoms with Crippen LogP contribution in [0.2, 0.25) is 0 Å². The van der Waals surface area contributed by atoms with Crippen molar-refractivity contribution in [2.75, 3.05) is 0 Å². The Labute approximate surface area is 167 Å². The summed E-state index contributed by atoms with van der Waals surface area (Å²) in [6.07, 6.45) is -0.0837. The average molecular weight is 411 g/mol. The molecule has 0 amide bonds. The number of benzene rings is 2. The first kappa shape index (κ1) is 18.5. The lowest BCUT2D eigenvalue weighted by molar-refractivity contribution is 0.0697. The summed E-state index contributed by atoms with van der Waals surface area (Å²) in [6.45, 7) is 1.76. The molecule has 1 N–H and O–H groups in total.